The van der Waals surface area contributed by atoms with Crippen LogP contribution >= 0.6 is 0 Å². The first-order chi connectivity index (χ1) is 8.70. The number of hydrogen-bond acceptors (Lipinski definition) is 4. The Hall–Kier alpha value is -1.42. The van der Waals surface area contributed by atoms with E-state index in [1.807, 2.05) is 25.2 Å². The summed E-state index contributed by atoms with van der Waals surface area (Å²) in [7, 11) is 4.03. The van der Waals surface area contributed by atoms with Gasteiger partial charge in [-0.25, -0.2) is 0 Å². The summed E-state index contributed by atoms with van der Waals surface area (Å²) in [6.07, 6.45) is 2.08. The minimum Gasteiger partial charge on any atom is -0.491 e. The zero-order valence-corrected chi connectivity index (χ0v) is 11.7. The Bertz CT molecular complexity index is 355. The number of nitrogens with zero attached hydrogens (tertiary/aromatic N) is 1. The summed E-state index contributed by atoms with van der Waals surface area (Å²) in [5.74, 6) is 0.787. The van der Waals surface area contributed by atoms with E-state index in [-0.39, 0.29) is 0 Å². The molecule has 1 aromatic rings. The fourth-order valence-electron chi connectivity index (χ4n) is 1.82. The standard InChI is InChI=1S/C14H25N3O/c1-4-11-18-13-8-5-7-12(14(13)15)17(3)10-6-9-16-2/h5,7-8,16H,4,6,9-11,15H2,1-3H3. The van der Waals surface area contributed by atoms with Crippen molar-refractivity contribution in [1.29, 1.82) is 0 Å². The van der Waals surface area contributed by atoms with Gasteiger partial charge in [0, 0.05) is 13.6 Å². The predicted octanol–water partition coefficient (Wildman–Crippen LogP) is 2.10. The fraction of sp³-hybridized carbons (Fsp3) is 0.571. The molecular weight excluding hydrogens is 226 g/mol. The molecule has 18 heavy (non-hydrogen) atoms. The van der Waals surface area contributed by atoms with Crippen LogP contribution in [0.4, 0.5) is 11.4 Å². The zero-order chi connectivity index (χ0) is 13.4. The SMILES string of the molecule is CCCOc1cccc(N(C)CCCNC)c1N. The summed E-state index contributed by atoms with van der Waals surface area (Å²) in [5, 5.41) is 3.15. The number of benzene rings is 1. The Morgan fingerprint density at radius 2 is 2.17 bits per heavy atom. The molecule has 1 rings (SSSR count). The minimum atomic E-state index is 0.705. The molecule has 0 atom stereocenters. The van der Waals surface area contributed by atoms with Crippen LogP contribution in [-0.4, -0.2) is 33.8 Å². The first kappa shape index (κ1) is 14.6. The summed E-state index contributed by atoms with van der Waals surface area (Å²) in [5.41, 5.74) is 7.92. The average molecular weight is 251 g/mol. The second-order valence-corrected chi connectivity index (χ2v) is 4.42. The third kappa shape index (κ3) is 4.11. The van der Waals surface area contributed by atoms with Crippen LogP contribution in [0.15, 0.2) is 18.2 Å². The normalized spacial score (nSPS) is 10.4. The van der Waals surface area contributed by atoms with Crippen LogP contribution in [0.25, 0.3) is 0 Å². The maximum atomic E-state index is 6.15. The van der Waals surface area contributed by atoms with Gasteiger partial charge in [0.15, 0.2) is 0 Å². The van der Waals surface area contributed by atoms with Gasteiger partial charge < -0.3 is 20.7 Å². The number of anilines is 2. The molecule has 0 aromatic heterocycles. The average Bonchev–Trinajstić information content (AvgIpc) is 2.37. The third-order valence-corrected chi connectivity index (χ3v) is 2.84. The van der Waals surface area contributed by atoms with Crippen molar-refractivity contribution in [2.24, 2.45) is 0 Å². The summed E-state index contributed by atoms with van der Waals surface area (Å²) < 4.78 is 5.64. The van der Waals surface area contributed by atoms with E-state index in [1.54, 1.807) is 0 Å². The van der Waals surface area contributed by atoms with Gasteiger partial charge in [0.1, 0.15) is 5.75 Å². The highest BCUT2D eigenvalue weighted by Crippen LogP contribution is 2.31. The Labute approximate surface area is 110 Å². The maximum Gasteiger partial charge on any atom is 0.144 e. The van der Waals surface area contributed by atoms with Crippen LogP contribution in [0, 0.1) is 0 Å². The number of rotatable bonds is 8. The number of ether oxygens (including phenoxy) is 1. The van der Waals surface area contributed by atoms with Crippen LogP contribution in [-0.2, 0) is 0 Å². The Morgan fingerprint density at radius 3 is 2.83 bits per heavy atom. The minimum absolute atomic E-state index is 0.705. The second kappa shape index (κ2) is 7.82. The molecule has 0 aliphatic rings. The van der Waals surface area contributed by atoms with Gasteiger partial charge in [-0.1, -0.05) is 13.0 Å². The molecule has 4 heteroatoms. The monoisotopic (exact) mass is 251 g/mol. The van der Waals surface area contributed by atoms with Gasteiger partial charge in [-0.3, -0.25) is 0 Å². The molecule has 4 nitrogen and oxygen atoms in total. The largest absolute Gasteiger partial charge is 0.491 e. The second-order valence-electron chi connectivity index (χ2n) is 4.42. The number of nitrogens with two attached hydrogens (primary N) is 1. The molecule has 0 unspecified atom stereocenters. The van der Waals surface area contributed by atoms with E-state index in [9.17, 15) is 0 Å². The van der Waals surface area contributed by atoms with Crippen molar-refractivity contribution in [2.45, 2.75) is 19.8 Å². The lowest BCUT2D eigenvalue weighted by Crippen LogP contribution is -2.23. The molecule has 0 aliphatic heterocycles. The lowest BCUT2D eigenvalue weighted by atomic mass is 10.2. The Morgan fingerprint density at radius 1 is 1.39 bits per heavy atom. The van der Waals surface area contributed by atoms with Gasteiger partial charge in [-0.15, -0.1) is 0 Å². The zero-order valence-electron chi connectivity index (χ0n) is 11.7. The van der Waals surface area contributed by atoms with Crippen LogP contribution in [0.2, 0.25) is 0 Å². The third-order valence-electron chi connectivity index (χ3n) is 2.84. The number of hydrogen-bond donors (Lipinski definition) is 2. The van der Waals surface area contributed by atoms with Gasteiger partial charge in [0.25, 0.3) is 0 Å². The first-order valence-electron chi connectivity index (χ1n) is 6.57. The van der Waals surface area contributed by atoms with E-state index in [4.69, 9.17) is 10.5 Å². The molecule has 0 saturated carbocycles. The van der Waals surface area contributed by atoms with Crippen molar-refractivity contribution in [3.8, 4) is 5.75 Å². The number of nitrogens with one attached hydrogen (secondary N) is 1. The molecule has 0 heterocycles. The van der Waals surface area contributed by atoms with E-state index < -0.39 is 0 Å². The van der Waals surface area contributed by atoms with Crippen molar-refractivity contribution < 1.29 is 4.74 Å². The highest BCUT2D eigenvalue weighted by Gasteiger charge is 2.09. The highest BCUT2D eigenvalue weighted by atomic mass is 16.5. The maximum absolute atomic E-state index is 6.15. The lowest BCUT2D eigenvalue weighted by Gasteiger charge is -2.22. The molecule has 0 radical (unpaired) electrons. The fourth-order valence-corrected chi connectivity index (χ4v) is 1.82. The van der Waals surface area contributed by atoms with Crippen LogP contribution in [0.1, 0.15) is 19.8 Å². The van der Waals surface area contributed by atoms with Crippen molar-refractivity contribution in [3.05, 3.63) is 18.2 Å². The van der Waals surface area contributed by atoms with Crippen molar-refractivity contribution in [2.75, 3.05) is 44.4 Å². The van der Waals surface area contributed by atoms with Gasteiger partial charge in [0.2, 0.25) is 0 Å². The Balaban J connectivity index is 2.69. The van der Waals surface area contributed by atoms with E-state index in [0.29, 0.717) is 6.61 Å². The topological polar surface area (TPSA) is 50.5 Å². The van der Waals surface area contributed by atoms with E-state index >= 15 is 0 Å². The molecule has 0 spiro atoms. The van der Waals surface area contributed by atoms with Crippen molar-refractivity contribution in [3.63, 3.8) is 0 Å². The van der Waals surface area contributed by atoms with Crippen LogP contribution < -0.4 is 20.7 Å². The number of nitrogen functional groups attached to an aromatic ring is 1. The lowest BCUT2D eigenvalue weighted by molar-refractivity contribution is 0.319. The smallest absolute Gasteiger partial charge is 0.144 e. The molecule has 0 aliphatic carbocycles. The van der Waals surface area contributed by atoms with Gasteiger partial charge in [0.05, 0.1) is 18.0 Å². The van der Waals surface area contributed by atoms with E-state index in [1.165, 1.54) is 0 Å². The van der Waals surface area contributed by atoms with E-state index in [0.717, 1.165) is 43.1 Å². The van der Waals surface area contributed by atoms with E-state index in [2.05, 4.69) is 24.2 Å². The number of para-hydroxylation sites is 1. The predicted molar refractivity (Wildman–Crippen MR) is 78.5 cm³/mol. The summed E-state index contributed by atoms with van der Waals surface area (Å²) in [4.78, 5) is 2.17. The Kier molecular flexibility index (Phi) is 6.36. The first-order valence-corrected chi connectivity index (χ1v) is 6.57. The molecule has 0 amide bonds. The molecule has 0 bridgehead atoms. The molecular formula is C14H25N3O. The molecule has 1 aromatic carbocycles. The summed E-state index contributed by atoms with van der Waals surface area (Å²) in [6, 6.07) is 5.95. The molecule has 0 fully saturated rings. The van der Waals surface area contributed by atoms with Crippen LogP contribution in [0.5, 0.6) is 5.75 Å². The summed E-state index contributed by atoms with van der Waals surface area (Å²) in [6.45, 7) is 4.78. The van der Waals surface area contributed by atoms with Gasteiger partial charge in [-0.05, 0) is 38.6 Å². The van der Waals surface area contributed by atoms with Gasteiger partial charge >= 0.3 is 0 Å². The molecule has 0 saturated heterocycles. The van der Waals surface area contributed by atoms with Crippen LogP contribution in [0.3, 0.4) is 0 Å². The van der Waals surface area contributed by atoms with Crippen molar-refractivity contribution in [1.82, 2.24) is 5.32 Å². The highest BCUT2D eigenvalue weighted by molar-refractivity contribution is 5.73. The van der Waals surface area contributed by atoms with Gasteiger partial charge in [-0.2, -0.15) is 0 Å². The molecule has 3 N–H and O–H groups in total. The summed E-state index contributed by atoms with van der Waals surface area (Å²) >= 11 is 0. The molecule has 102 valence electrons. The quantitative estimate of drug-likeness (QED) is 0.549. The van der Waals surface area contributed by atoms with Crippen molar-refractivity contribution >= 4 is 11.4 Å².